The molecule has 7 heteroatoms. The summed E-state index contributed by atoms with van der Waals surface area (Å²) in [6.07, 6.45) is 1.08. The molecule has 1 amide bonds. The Balaban J connectivity index is 2.39. The average molecular weight is 325 g/mol. The third kappa shape index (κ3) is 3.53. The molecule has 0 saturated heterocycles. The van der Waals surface area contributed by atoms with Crippen molar-refractivity contribution >= 4 is 38.7 Å². The van der Waals surface area contributed by atoms with Crippen molar-refractivity contribution in [1.29, 1.82) is 0 Å². The Morgan fingerprint density at radius 2 is 1.86 bits per heavy atom. The summed E-state index contributed by atoms with van der Waals surface area (Å²) < 4.78 is 23.4. The number of carbonyl (C=O) groups excluding carboxylic acids is 1. The number of hydrogen-bond acceptors (Lipinski definition) is 4. The van der Waals surface area contributed by atoms with Gasteiger partial charge in [0.1, 0.15) is 0 Å². The summed E-state index contributed by atoms with van der Waals surface area (Å²) in [5.41, 5.74) is 6.37. The fourth-order valence-corrected chi connectivity index (χ4v) is 2.82. The predicted octanol–water partition coefficient (Wildman–Crippen LogP) is 2.58. The number of halogens is 1. The molecule has 0 atom stereocenters. The van der Waals surface area contributed by atoms with E-state index in [4.69, 9.17) is 17.3 Å². The molecule has 110 valence electrons. The SMILES string of the molecule is CS(=O)(=O)c1ccccc1NC(=O)c1cc(Cl)ccc1N. The molecule has 0 saturated carbocycles. The monoisotopic (exact) mass is 324 g/mol. The highest BCUT2D eigenvalue weighted by molar-refractivity contribution is 7.90. The minimum Gasteiger partial charge on any atom is -0.398 e. The summed E-state index contributed by atoms with van der Waals surface area (Å²) in [6, 6.07) is 10.7. The van der Waals surface area contributed by atoms with Gasteiger partial charge in [-0.1, -0.05) is 23.7 Å². The minimum atomic E-state index is -3.45. The maximum Gasteiger partial charge on any atom is 0.257 e. The molecule has 3 N–H and O–H groups in total. The standard InChI is InChI=1S/C14H13ClN2O3S/c1-21(19,20)13-5-3-2-4-12(13)17-14(18)10-8-9(15)6-7-11(10)16/h2-8H,16H2,1H3,(H,17,18). The molecule has 0 aliphatic carbocycles. The lowest BCUT2D eigenvalue weighted by Gasteiger charge is -2.11. The molecular weight excluding hydrogens is 312 g/mol. The largest absolute Gasteiger partial charge is 0.398 e. The van der Waals surface area contributed by atoms with E-state index in [0.717, 1.165) is 6.26 Å². The van der Waals surface area contributed by atoms with Gasteiger partial charge in [0.2, 0.25) is 0 Å². The molecule has 2 aromatic rings. The zero-order chi connectivity index (χ0) is 15.6. The molecule has 2 rings (SSSR count). The number of sulfone groups is 1. The van der Waals surface area contributed by atoms with Crippen molar-refractivity contribution in [2.24, 2.45) is 0 Å². The lowest BCUT2D eigenvalue weighted by atomic mass is 10.1. The number of rotatable bonds is 3. The lowest BCUT2D eigenvalue weighted by Crippen LogP contribution is -2.16. The Morgan fingerprint density at radius 1 is 1.19 bits per heavy atom. The quantitative estimate of drug-likeness (QED) is 0.849. The van der Waals surface area contributed by atoms with Crippen LogP contribution in [0.4, 0.5) is 11.4 Å². The number of hydrogen-bond donors (Lipinski definition) is 2. The molecule has 0 radical (unpaired) electrons. The molecule has 0 aliphatic rings. The van der Waals surface area contributed by atoms with Crippen LogP contribution in [0.3, 0.4) is 0 Å². The Hall–Kier alpha value is -2.05. The van der Waals surface area contributed by atoms with Gasteiger partial charge < -0.3 is 11.1 Å². The number of amides is 1. The molecule has 0 heterocycles. The number of benzene rings is 2. The first kappa shape index (κ1) is 15.3. The zero-order valence-electron chi connectivity index (χ0n) is 11.1. The molecule has 5 nitrogen and oxygen atoms in total. The maximum atomic E-state index is 12.2. The highest BCUT2D eigenvalue weighted by atomic mass is 35.5. The van der Waals surface area contributed by atoms with Crippen LogP contribution in [0, 0.1) is 0 Å². The first-order valence-electron chi connectivity index (χ1n) is 5.94. The second-order valence-corrected chi connectivity index (χ2v) is 6.87. The van der Waals surface area contributed by atoms with Crippen LogP contribution >= 0.6 is 11.6 Å². The van der Waals surface area contributed by atoms with Gasteiger partial charge in [-0.2, -0.15) is 0 Å². The van der Waals surface area contributed by atoms with Crippen LogP contribution in [-0.2, 0) is 9.84 Å². The van der Waals surface area contributed by atoms with E-state index in [2.05, 4.69) is 5.32 Å². The summed E-state index contributed by atoms with van der Waals surface area (Å²) in [5, 5.41) is 2.91. The second kappa shape index (κ2) is 5.75. The third-order valence-corrected chi connectivity index (χ3v) is 4.18. The van der Waals surface area contributed by atoms with Gasteiger partial charge in [0.15, 0.2) is 9.84 Å². The molecule has 21 heavy (non-hydrogen) atoms. The first-order valence-corrected chi connectivity index (χ1v) is 8.21. The molecule has 0 aliphatic heterocycles. The van der Waals surface area contributed by atoms with E-state index in [1.807, 2.05) is 0 Å². The van der Waals surface area contributed by atoms with Gasteiger partial charge in [0, 0.05) is 17.0 Å². The van der Waals surface area contributed by atoms with Gasteiger partial charge >= 0.3 is 0 Å². The third-order valence-electron chi connectivity index (χ3n) is 2.79. The second-order valence-electron chi connectivity index (χ2n) is 4.45. The molecular formula is C14H13ClN2O3S. The van der Waals surface area contributed by atoms with E-state index in [0.29, 0.717) is 5.02 Å². The summed E-state index contributed by atoms with van der Waals surface area (Å²) in [7, 11) is -3.45. The highest BCUT2D eigenvalue weighted by Crippen LogP contribution is 2.23. The van der Waals surface area contributed by atoms with E-state index >= 15 is 0 Å². The zero-order valence-corrected chi connectivity index (χ0v) is 12.7. The Morgan fingerprint density at radius 3 is 2.52 bits per heavy atom. The lowest BCUT2D eigenvalue weighted by molar-refractivity contribution is 0.102. The van der Waals surface area contributed by atoms with E-state index < -0.39 is 15.7 Å². The molecule has 0 fully saturated rings. The van der Waals surface area contributed by atoms with Crippen molar-refractivity contribution in [2.75, 3.05) is 17.3 Å². The van der Waals surface area contributed by atoms with E-state index in [1.165, 1.54) is 24.3 Å². The summed E-state index contributed by atoms with van der Waals surface area (Å²) in [5.74, 6) is -0.522. The molecule has 0 aromatic heterocycles. The molecule has 0 spiro atoms. The fraction of sp³-hybridized carbons (Fsp3) is 0.0714. The average Bonchev–Trinajstić information content (AvgIpc) is 2.41. The van der Waals surface area contributed by atoms with Crippen molar-refractivity contribution in [1.82, 2.24) is 0 Å². The summed E-state index contributed by atoms with van der Waals surface area (Å²) >= 11 is 5.84. The molecule has 0 bridgehead atoms. The predicted molar refractivity (Wildman–Crippen MR) is 83.4 cm³/mol. The Labute approximate surface area is 127 Å². The van der Waals surface area contributed by atoms with Crippen molar-refractivity contribution in [3.63, 3.8) is 0 Å². The Kier molecular flexibility index (Phi) is 4.20. The van der Waals surface area contributed by atoms with Crippen LogP contribution in [-0.4, -0.2) is 20.6 Å². The van der Waals surface area contributed by atoms with Crippen molar-refractivity contribution in [3.05, 3.63) is 53.1 Å². The van der Waals surface area contributed by atoms with Crippen LogP contribution in [0.1, 0.15) is 10.4 Å². The summed E-state index contributed by atoms with van der Waals surface area (Å²) in [4.78, 5) is 12.3. The normalized spacial score (nSPS) is 11.1. The van der Waals surface area contributed by atoms with Crippen LogP contribution in [0.2, 0.25) is 5.02 Å². The fourth-order valence-electron chi connectivity index (χ4n) is 1.81. The van der Waals surface area contributed by atoms with E-state index in [-0.39, 0.29) is 21.8 Å². The number of anilines is 2. The van der Waals surface area contributed by atoms with Crippen molar-refractivity contribution in [2.45, 2.75) is 4.90 Å². The maximum absolute atomic E-state index is 12.2. The van der Waals surface area contributed by atoms with Gasteiger partial charge in [-0.25, -0.2) is 8.42 Å². The van der Waals surface area contributed by atoms with Crippen LogP contribution in [0.25, 0.3) is 0 Å². The number of nitrogens with two attached hydrogens (primary N) is 1. The van der Waals surface area contributed by atoms with Gasteiger partial charge in [0.05, 0.1) is 16.1 Å². The number of nitrogen functional groups attached to an aromatic ring is 1. The van der Waals surface area contributed by atoms with Crippen molar-refractivity contribution in [3.8, 4) is 0 Å². The molecule has 2 aromatic carbocycles. The van der Waals surface area contributed by atoms with Crippen molar-refractivity contribution < 1.29 is 13.2 Å². The van der Waals surface area contributed by atoms with E-state index in [9.17, 15) is 13.2 Å². The Bertz CT molecular complexity index is 804. The first-order chi connectivity index (χ1) is 9.79. The van der Waals surface area contributed by atoms with Crippen LogP contribution in [0.5, 0.6) is 0 Å². The smallest absolute Gasteiger partial charge is 0.257 e. The topological polar surface area (TPSA) is 89.3 Å². The van der Waals surface area contributed by atoms with Gasteiger partial charge in [-0.3, -0.25) is 4.79 Å². The van der Waals surface area contributed by atoms with Crippen LogP contribution in [0.15, 0.2) is 47.4 Å². The van der Waals surface area contributed by atoms with Gasteiger partial charge in [-0.15, -0.1) is 0 Å². The number of nitrogens with one attached hydrogen (secondary N) is 1. The molecule has 0 unspecified atom stereocenters. The van der Waals surface area contributed by atoms with Crippen LogP contribution < -0.4 is 11.1 Å². The number of para-hydroxylation sites is 1. The van der Waals surface area contributed by atoms with Gasteiger partial charge in [0.25, 0.3) is 5.91 Å². The highest BCUT2D eigenvalue weighted by Gasteiger charge is 2.16. The minimum absolute atomic E-state index is 0.0407. The summed E-state index contributed by atoms with van der Waals surface area (Å²) in [6.45, 7) is 0. The van der Waals surface area contributed by atoms with E-state index in [1.54, 1.807) is 18.2 Å². The van der Waals surface area contributed by atoms with Gasteiger partial charge in [-0.05, 0) is 30.3 Å². The number of carbonyl (C=O) groups is 1.